The summed E-state index contributed by atoms with van der Waals surface area (Å²) in [6.45, 7) is 2.44. The number of piperidine rings is 1. The highest BCUT2D eigenvalue weighted by Crippen LogP contribution is 2.14. The minimum absolute atomic E-state index is 0.0272. The zero-order chi connectivity index (χ0) is 13.7. The molecular formula is C13H17F2N3O. The Balaban J connectivity index is 1.80. The lowest BCUT2D eigenvalue weighted by Crippen LogP contribution is -2.39. The summed E-state index contributed by atoms with van der Waals surface area (Å²) in [5.41, 5.74) is -0.0272. The molecule has 4 nitrogen and oxygen atoms in total. The SMILES string of the molecule is O=C(NCC1CCCNC1)Nc1ccc(F)cc1F. The molecule has 1 saturated heterocycles. The number of halogens is 2. The average Bonchev–Trinajstić information content (AvgIpc) is 2.41. The second-order valence-electron chi connectivity index (χ2n) is 4.67. The molecule has 1 aliphatic rings. The fourth-order valence-electron chi connectivity index (χ4n) is 2.09. The fourth-order valence-corrected chi connectivity index (χ4v) is 2.09. The van der Waals surface area contributed by atoms with Gasteiger partial charge >= 0.3 is 6.03 Å². The normalized spacial score (nSPS) is 18.9. The lowest BCUT2D eigenvalue weighted by Gasteiger charge is -2.22. The summed E-state index contributed by atoms with van der Waals surface area (Å²) in [5.74, 6) is -1.05. The van der Waals surface area contributed by atoms with Gasteiger partial charge in [-0.15, -0.1) is 0 Å². The number of hydrogen-bond donors (Lipinski definition) is 3. The molecular weight excluding hydrogens is 252 g/mol. The van der Waals surface area contributed by atoms with Crippen LogP contribution >= 0.6 is 0 Å². The molecule has 2 amide bonds. The molecule has 0 bridgehead atoms. The molecule has 6 heteroatoms. The van der Waals surface area contributed by atoms with Crippen molar-refractivity contribution in [2.24, 2.45) is 5.92 Å². The highest BCUT2D eigenvalue weighted by Gasteiger charge is 2.14. The van der Waals surface area contributed by atoms with E-state index in [1.54, 1.807) is 0 Å². The van der Waals surface area contributed by atoms with Crippen molar-refractivity contribution in [1.82, 2.24) is 10.6 Å². The minimum atomic E-state index is -0.783. The molecule has 1 aromatic carbocycles. The number of amides is 2. The van der Waals surface area contributed by atoms with Crippen molar-refractivity contribution >= 4 is 11.7 Å². The topological polar surface area (TPSA) is 53.2 Å². The van der Waals surface area contributed by atoms with Crippen molar-refractivity contribution in [2.75, 3.05) is 25.0 Å². The first-order valence-corrected chi connectivity index (χ1v) is 6.36. The molecule has 19 heavy (non-hydrogen) atoms. The Bertz CT molecular complexity index is 448. The number of anilines is 1. The Morgan fingerprint density at radius 1 is 1.42 bits per heavy atom. The molecule has 1 aliphatic heterocycles. The van der Waals surface area contributed by atoms with Gasteiger partial charge in [0.05, 0.1) is 5.69 Å². The van der Waals surface area contributed by atoms with Gasteiger partial charge in [-0.1, -0.05) is 0 Å². The molecule has 1 aromatic rings. The lowest BCUT2D eigenvalue weighted by molar-refractivity contribution is 0.248. The number of urea groups is 1. The molecule has 1 unspecified atom stereocenters. The number of hydrogen-bond acceptors (Lipinski definition) is 2. The maximum absolute atomic E-state index is 13.3. The van der Waals surface area contributed by atoms with Gasteiger partial charge in [0.25, 0.3) is 0 Å². The van der Waals surface area contributed by atoms with Gasteiger partial charge < -0.3 is 16.0 Å². The van der Waals surface area contributed by atoms with Crippen molar-refractivity contribution in [2.45, 2.75) is 12.8 Å². The van der Waals surface area contributed by atoms with Gasteiger partial charge in [-0.25, -0.2) is 13.6 Å². The van der Waals surface area contributed by atoms with Crippen molar-refractivity contribution in [3.05, 3.63) is 29.8 Å². The summed E-state index contributed by atoms with van der Waals surface area (Å²) in [4.78, 5) is 11.6. The van der Waals surface area contributed by atoms with Crippen LogP contribution in [0.2, 0.25) is 0 Å². The van der Waals surface area contributed by atoms with Crippen LogP contribution in [0.15, 0.2) is 18.2 Å². The van der Waals surface area contributed by atoms with Gasteiger partial charge in [0.1, 0.15) is 11.6 Å². The van der Waals surface area contributed by atoms with Crippen LogP contribution in [0.25, 0.3) is 0 Å². The van der Waals surface area contributed by atoms with Gasteiger partial charge in [0.2, 0.25) is 0 Å². The molecule has 1 atom stereocenters. The van der Waals surface area contributed by atoms with E-state index in [0.717, 1.165) is 38.1 Å². The Hall–Kier alpha value is -1.69. The Morgan fingerprint density at radius 2 is 2.26 bits per heavy atom. The van der Waals surface area contributed by atoms with Gasteiger partial charge in [0, 0.05) is 12.6 Å². The van der Waals surface area contributed by atoms with Gasteiger partial charge in [0.15, 0.2) is 0 Å². The molecule has 2 rings (SSSR count). The van der Waals surface area contributed by atoms with E-state index >= 15 is 0 Å². The number of benzene rings is 1. The van der Waals surface area contributed by atoms with E-state index < -0.39 is 17.7 Å². The van der Waals surface area contributed by atoms with E-state index in [1.807, 2.05) is 0 Å². The third-order valence-corrected chi connectivity index (χ3v) is 3.13. The first-order valence-electron chi connectivity index (χ1n) is 6.36. The predicted octanol–water partition coefficient (Wildman–Crippen LogP) is 2.09. The first-order chi connectivity index (χ1) is 9.15. The van der Waals surface area contributed by atoms with Crippen LogP contribution in [0.5, 0.6) is 0 Å². The molecule has 1 fully saturated rings. The van der Waals surface area contributed by atoms with Crippen LogP contribution in [0, 0.1) is 17.6 Å². The van der Waals surface area contributed by atoms with E-state index in [0.29, 0.717) is 12.5 Å². The van der Waals surface area contributed by atoms with Crippen LogP contribution < -0.4 is 16.0 Å². The predicted molar refractivity (Wildman–Crippen MR) is 69.0 cm³/mol. The number of carbonyl (C=O) groups is 1. The van der Waals surface area contributed by atoms with E-state index in [1.165, 1.54) is 6.07 Å². The molecule has 0 aromatic heterocycles. The molecule has 1 heterocycles. The first kappa shape index (κ1) is 13.7. The van der Waals surface area contributed by atoms with Crippen molar-refractivity contribution in [3.8, 4) is 0 Å². The van der Waals surface area contributed by atoms with Crippen LogP contribution in [0.3, 0.4) is 0 Å². The van der Waals surface area contributed by atoms with E-state index in [2.05, 4.69) is 16.0 Å². The number of nitrogens with one attached hydrogen (secondary N) is 3. The Labute approximate surface area is 110 Å². The lowest BCUT2D eigenvalue weighted by atomic mass is 10.00. The Morgan fingerprint density at radius 3 is 2.95 bits per heavy atom. The van der Waals surface area contributed by atoms with Crippen molar-refractivity contribution < 1.29 is 13.6 Å². The fraction of sp³-hybridized carbons (Fsp3) is 0.462. The maximum atomic E-state index is 13.3. The molecule has 0 radical (unpaired) electrons. The summed E-state index contributed by atoms with van der Waals surface area (Å²) >= 11 is 0. The van der Waals surface area contributed by atoms with E-state index in [4.69, 9.17) is 0 Å². The second-order valence-corrected chi connectivity index (χ2v) is 4.67. The molecule has 0 spiro atoms. The smallest absolute Gasteiger partial charge is 0.319 e. The van der Waals surface area contributed by atoms with E-state index in [9.17, 15) is 13.6 Å². The van der Waals surface area contributed by atoms with Crippen LogP contribution in [-0.2, 0) is 0 Å². The summed E-state index contributed by atoms with van der Waals surface area (Å²) in [6.07, 6.45) is 2.17. The second kappa shape index (κ2) is 6.47. The summed E-state index contributed by atoms with van der Waals surface area (Å²) in [7, 11) is 0. The quantitative estimate of drug-likeness (QED) is 0.787. The average molecular weight is 269 g/mol. The van der Waals surface area contributed by atoms with Gasteiger partial charge in [-0.3, -0.25) is 0 Å². The third kappa shape index (κ3) is 4.17. The summed E-state index contributed by atoms with van der Waals surface area (Å²) in [5, 5.41) is 8.31. The third-order valence-electron chi connectivity index (χ3n) is 3.13. The molecule has 0 saturated carbocycles. The largest absolute Gasteiger partial charge is 0.338 e. The zero-order valence-corrected chi connectivity index (χ0v) is 10.5. The molecule has 0 aliphatic carbocycles. The molecule has 3 N–H and O–H groups in total. The Kier molecular flexibility index (Phi) is 4.68. The number of rotatable bonds is 3. The van der Waals surface area contributed by atoms with Crippen molar-refractivity contribution in [1.29, 1.82) is 0 Å². The molecule has 104 valence electrons. The van der Waals surface area contributed by atoms with Crippen molar-refractivity contribution in [3.63, 3.8) is 0 Å². The zero-order valence-electron chi connectivity index (χ0n) is 10.5. The minimum Gasteiger partial charge on any atom is -0.338 e. The maximum Gasteiger partial charge on any atom is 0.319 e. The highest BCUT2D eigenvalue weighted by molar-refractivity contribution is 5.89. The van der Waals surface area contributed by atoms with Crippen LogP contribution in [0.4, 0.5) is 19.3 Å². The monoisotopic (exact) mass is 269 g/mol. The van der Waals surface area contributed by atoms with Gasteiger partial charge in [-0.05, 0) is 44.0 Å². The highest BCUT2D eigenvalue weighted by atomic mass is 19.1. The standard InChI is InChI=1S/C13H17F2N3O/c14-10-3-4-12(11(15)6-10)18-13(19)17-8-9-2-1-5-16-7-9/h3-4,6,9,16H,1-2,5,7-8H2,(H2,17,18,19). The number of carbonyl (C=O) groups excluding carboxylic acids is 1. The van der Waals surface area contributed by atoms with Gasteiger partial charge in [-0.2, -0.15) is 0 Å². The van der Waals surface area contributed by atoms with E-state index in [-0.39, 0.29) is 5.69 Å². The van der Waals surface area contributed by atoms with Crippen LogP contribution in [0.1, 0.15) is 12.8 Å². The summed E-state index contributed by atoms with van der Waals surface area (Å²) < 4.78 is 26.0. The summed E-state index contributed by atoms with van der Waals surface area (Å²) in [6, 6.07) is 2.56. The van der Waals surface area contributed by atoms with Crippen LogP contribution in [-0.4, -0.2) is 25.7 Å².